The SMILES string of the molecule is Cc1nc(C)n(-c2sc([C@@H](C)O)cc2[N+](=O)[O-])n1. The largest absolute Gasteiger partial charge is 0.388 e. The molecule has 0 aromatic carbocycles. The van der Waals surface area contributed by atoms with E-state index in [-0.39, 0.29) is 5.69 Å². The van der Waals surface area contributed by atoms with Crippen LogP contribution in [-0.4, -0.2) is 24.8 Å². The van der Waals surface area contributed by atoms with Crippen LogP contribution in [0.25, 0.3) is 5.00 Å². The first-order valence-electron chi connectivity index (χ1n) is 5.27. The minimum Gasteiger partial charge on any atom is -0.388 e. The van der Waals surface area contributed by atoms with Crippen molar-refractivity contribution in [1.82, 2.24) is 14.8 Å². The van der Waals surface area contributed by atoms with Gasteiger partial charge in [0.05, 0.1) is 11.0 Å². The van der Waals surface area contributed by atoms with Crippen molar-refractivity contribution in [3.05, 3.63) is 32.7 Å². The molecule has 2 heterocycles. The zero-order chi connectivity index (χ0) is 13.4. The Balaban J connectivity index is 2.62. The van der Waals surface area contributed by atoms with E-state index in [9.17, 15) is 15.2 Å². The second kappa shape index (κ2) is 4.46. The molecule has 2 aromatic heterocycles. The van der Waals surface area contributed by atoms with Crippen LogP contribution in [0.1, 0.15) is 29.6 Å². The molecule has 0 amide bonds. The molecular weight excluding hydrogens is 256 g/mol. The van der Waals surface area contributed by atoms with Crippen LogP contribution < -0.4 is 0 Å². The molecule has 1 atom stereocenters. The number of aromatic nitrogens is 3. The van der Waals surface area contributed by atoms with Crippen LogP contribution >= 0.6 is 11.3 Å². The topological polar surface area (TPSA) is 94.1 Å². The van der Waals surface area contributed by atoms with Crippen LogP contribution in [-0.2, 0) is 0 Å². The highest BCUT2D eigenvalue weighted by molar-refractivity contribution is 7.15. The molecule has 18 heavy (non-hydrogen) atoms. The third-order valence-corrected chi connectivity index (χ3v) is 3.66. The van der Waals surface area contributed by atoms with Gasteiger partial charge in [-0.1, -0.05) is 0 Å². The molecule has 0 spiro atoms. The van der Waals surface area contributed by atoms with Crippen molar-refractivity contribution in [2.24, 2.45) is 0 Å². The van der Waals surface area contributed by atoms with Gasteiger partial charge in [0.2, 0.25) is 0 Å². The van der Waals surface area contributed by atoms with E-state index in [2.05, 4.69) is 10.1 Å². The molecule has 7 nitrogen and oxygen atoms in total. The van der Waals surface area contributed by atoms with Crippen molar-refractivity contribution in [3.63, 3.8) is 0 Å². The van der Waals surface area contributed by atoms with E-state index in [1.54, 1.807) is 20.8 Å². The lowest BCUT2D eigenvalue weighted by atomic mass is 10.3. The van der Waals surface area contributed by atoms with Crippen molar-refractivity contribution in [3.8, 4) is 5.00 Å². The lowest BCUT2D eigenvalue weighted by Crippen LogP contribution is -2.00. The molecule has 0 fully saturated rings. The average Bonchev–Trinajstić information content (AvgIpc) is 2.81. The smallest absolute Gasteiger partial charge is 0.306 e. The Morgan fingerprint density at radius 3 is 2.67 bits per heavy atom. The van der Waals surface area contributed by atoms with Gasteiger partial charge in [-0.2, -0.15) is 5.10 Å². The van der Waals surface area contributed by atoms with Crippen LogP contribution in [0.3, 0.4) is 0 Å². The third kappa shape index (κ3) is 2.12. The van der Waals surface area contributed by atoms with Gasteiger partial charge in [0, 0.05) is 10.9 Å². The molecule has 0 unspecified atom stereocenters. The van der Waals surface area contributed by atoms with Crippen LogP contribution in [0.5, 0.6) is 0 Å². The molecule has 0 aliphatic rings. The average molecular weight is 268 g/mol. The number of thiophene rings is 1. The van der Waals surface area contributed by atoms with Gasteiger partial charge in [-0.05, 0) is 20.8 Å². The summed E-state index contributed by atoms with van der Waals surface area (Å²) in [7, 11) is 0. The lowest BCUT2D eigenvalue weighted by molar-refractivity contribution is -0.384. The minimum absolute atomic E-state index is 0.0658. The Morgan fingerprint density at radius 1 is 1.56 bits per heavy atom. The number of nitrogens with zero attached hydrogens (tertiary/aromatic N) is 4. The highest BCUT2D eigenvalue weighted by Gasteiger charge is 2.24. The fourth-order valence-electron chi connectivity index (χ4n) is 1.59. The van der Waals surface area contributed by atoms with Gasteiger partial charge >= 0.3 is 5.69 Å². The zero-order valence-corrected chi connectivity index (χ0v) is 10.9. The number of aryl methyl sites for hydroxylation is 2. The van der Waals surface area contributed by atoms with E-state index < -0.39 is 11.0 Å². The summed E-state index contributed by atoms with van der Waals surface area (Å²) in [4.78, 5) is 15.2. The second-order valence-electron chi connectivity index (χ2n) is 3.89. The standard InChI is InChI=1S/C10H12N4O3S/c1-5(15)9-4-8(14(16)17)10(18-9)13-7(3)11-6(2)12-13/h4-5,15H,1-3H3/t5-/m1/s1. The van der Waals surface area contributed by atoms with E-state index in [4.69, 9.17) is 0 Å². The summed E-state index contributed by atoms with van der Waals surface area (Å²) < 4.78 is 1.43. The molecule has 2 rings (SSSR count). The Morgan fingerprint density at radius 2 is 2.22 bits per heavy atom. The van der Waals surface area contributed by atoms with Gasteiger partial charge in [-0.15, -0.1) is 11.3 Å². The summed E-state index contributed by atoms with van der Waals surface area (Å²) in [6, 6.07) is 1.38. The van der Waals surface area contributed by atoms with Gasteiger partial charge in [0.25, 0.3) is 0 Å². The number of nitro groups is 1. The van der Waals surface area contributed by atoms with Crippen LogP contribution in [0.15, 0.2) is 6.07 Å². The molecule has 0 bridgehead atoms. The fourth-order valence-corrected chi connectivity index (χ4v) is 2.65. The van der Waals surface area contributed by atoms with Crippen LogP contribution in [0.2, 0.25) is 0 Å². The van der Waals surface area contributed by atoms with Crippen molar-refractivity contribution in [2.75, 3.05) is 0 Å². The van der Waals surface area contributed by atoms with Gasteiger partial charge in [-0.25, -0.2) is 9.67 Å². The predicted molar refractivity (Wildman–Crippen MR) is 66.0 cm³/mol. The molecule has 0 saturated heterocycles. The van der Waals surface area contributed by atoms with E-state index in [1.807, 2.05) is 0 Å². The zero-order valence-electron chi connectivity index (χ0n) is 10.1. The third-order valence-electron chi connectivity index (χ3n) is 2.39. The summed E-state index contributed by atoms with van der Waals surface area (Å²) >= 11 is 1.15. The van der Waals surface area contributed by atoms with Crippen LogP contribution in [0, 0.1) is 24.0 Å². The number of aliphatic hydroxyl groups is 1. The first-order valence-corrected chi connectivity index (χ1v) is 6.08. The number of hydrogen-bond acceptors (Lipinski definition) is 6. The Kier molecular flexibility index (Phi) is 3.14. The monoisotopic (exact) mass is 268 g/mol. The maximum Gasteiger partial charge on any atom is 0.306 e. The fraction of sp³-hybridized carbons (Fsp3) is 0.400. The van der Waals surface area contributed by atoms with Crippen LogP contribution in [0.4, 0.5) is 5.69 Å². The normalized spacial score (nSPS) is 12.7. The summed E-state index contributed by atoms with van der Waals surface area (Å²) in [5.41, 5.74) is -0.0658. The highest BCUT2D eigenvalue weighted by Crippen LogP contribution is 2.35. The first-order chi connectivity index (χ1) is 8.40. The summed E-state index contributed by atoms with van der Waals surface area (Å²) in [6.45, 7) is 5.02. The lowest BCUT2D eigenvalue weighted by Gasteiger charge is -1.98. The molecule has 2 aromatic rings. The number of rotatable bonds is 3. The van der Waals surface area contributed by atoms with E-state index >= 15 is 0 Å². The summed E-state index contributed by atoms with van der Waals surface area (Å²) in [6.07, 6.45) is -0.743. The molecule has 0 radical (unpaired) electrons. The molecule has 1 N–H and O–H groups in total. The van der Waals surface area contributed by atoms with Gasteiger partial charge < -0.3 is 5.11 Å². The molecule has 8 heteroatoms. The van der Waals surface area contributed by atoms with E-state index in [0.717, 1.165) is 11.3 Å². The summed E-state index contributed by atoms with van der Waals surface area (Å²) in [5.74, 6) is 1.13. The maximum absolute atomic E-state index is 11.0. The minimum atomic E-state index is -0.743. The van der Waals surface area contributed by atoms with E-state index in [0.29, 0.717) is 21.5 Å². The Hall–Kier alpha value is -1.80. The molecular formula is C10H12N4O3S. The highest BCUT2D eigenvalue weighted by atomic mass is 32.1. The molecule has 0 aliphatic carbocycles. The van der Waals surface area contributed by atoms with Gasteiger partial charge in [-0.3, -0.25) is 10.1 Å². The van der Waals surface area contributed by atoms with Crippen molar-refractivity contribution >= 4 is 17.0 Å². The summed E-state index contributed by atoms with van der Waals surface area (Å²) in [5, 5.41) is 25.0. The van der Waals surface area contributed by atoms with Crippen molar-refractivity contribution < 1.29 is 10.0 Å². The van der Waals surface area contributed by atoms with E-state index in [1.165, 1.54) is 10.7 Å². The molecule has 96 valence electrons. The Labute approximate surface area is 107 Å². The van der Waals surface area contributed by atoms with Crippen molar-refractivity contribution in [2.45, 2.75) is 26.9 Å². The van der Waals surface area contributed by atoms with Gasteiger partial charge in [0.15, 0.2) is 5.00 Å². The van der Waals surface area contributed by atoms with Crippen molar-refractivity contribution in [1.29, 1.82) is 0 Å². The molecule has 0 saturated carbocycles. The van der Waals surface area contributed by atoms with Gasteiger partial charge in [0.1, 0.15) is 11.6 Å². The molecule has 0 aliphatic heterocycles. The number of aliphatic hydroxyl groups excluding tert-OH is 1. The Bertz CT molecular complexity index is 602. The quantitative estimate of drug-likeness (QED) is 0.677. The maximum atomic E-state index is 11.0. The first kappa shape index (κ1) is 12.7. The number of hydrogen-bond donors (Lipinski definition) is 1. The second-order valence-corrected chi connectivity index (χ2v) is 4.95. The predicted octanol–water partition coefficient (Wildman–Crippen LogP) is 1.91.